The molecule has 0 aliphatic carbocycles. The molecule has 0 fully saturated rings. The average molecular weight is 305 g/mol. The number of hydrogen-bond acceptors (Lipinski definition) is 2. The standard InChI is InChI=1S/C13H9ClF4N2/c14-10-6-8(3-4-11(10)15)7-20-12-9(13(16,17)18)2-1-5-19-12/h1-6H,7H2,(H,19,20). The summed E-state index contributed by atoms with van der Waals surface area (Å²) in [6, 6.07) is 6.09. The highest BCUT2D eigenvalue weighted by molar-refractivity contribution is 6.30. The highest BCUT2D eigenvalue weighted by atomic mass is 35.5. The Hall–Kier alpha value is -1.82. The molecule has 0 aliphatic rings. The maximum absolute atomic E-state index is 13.0. The van der Waals surface area contributed by atoms with Gasteiger partial charge in [-0.2, -0.15) is 13.2 Å². The maximum Gasteiger partial charge on any atom is 0.419 e. The number of halogens is 5. The van der Waals surface area contributed by atoms with Crippen LogP contribution in [-0.4, -0.2) is 4.98 Å². The van der Waals surface area contributed by atoms with Crippen LogP contribution in [0.5, 0.6) is 0 Å². The van der Waals surface area contributed by atoms with E-state index < -0.39 is 17.6 Å². The number of nitrogens with one attached hydrogen (secondary N) is 1. The second-order valence-electron chi connectivity index (χ2n) is 4.00. The van der Waals surface area contributed by atoms with E-state index in [2.05, 4.69) is 10.3 Å². The summed E-state index contributed by atoms with van der Waals surface area (Å²) >= 11 is 5.60. The van der Waals surface area contributed by atoms with Crippen molar-refractivity contribution in [2.75, 3.05) is 5.32 Å². The fourth-order valence-electron chi connectivity index (χ4n) is 1.61. The van der Waals surface area contributed by atoms with E-state index in [9.17, 15) is 17.6 Å². The third kappa shape index (κ3) is 3.39. The molecule has 0 amide bonds. The highest BCUT2D eigenvalue weighted by Gasteiger charge is 2.33. The first-order valence-electron chi connectivity index (χ1n) is 5.58. The zero-order valence-corrected chi connectivity index (χ0v) is 10.8. The molecule has 2 nitrogen and oxygen atoms in total. The molecular formula is C13H9ClF4N2. The molecule has 0 saturated heterocycles. The van der Waals surface area contributed by atoms with E-state index in [1.54, 1.807) is 0 Å². The lowest BCUT2D eigenvalue weighted by Gasteiger charge is -2.13. The van der Waals surface area contributed by atoms with Gasteiger partial charge in [0.1, 0.15) is 11.6 Å². The van der Waals surface area contributed by atoms with Crippen LogP contribution in [0.1, 0.15) is 11.1 Å². The minimum absolute atomic E-state index is 0.0556. The van der Waals surface area contributed by atoms with Crippen molar-refractivity contribution < 1.29 is 17.6 Å². The molecule has 1 heterocycles. The second-order valence-corrected chi connectivity index (χ2v) is 4.41. The molecule has 1 aromatic heterocycles. The third-order valence-corrected chi connectivity index (χ3v) is 2.85. The Balaban J connectivity index is 2.17. The molecule has 0 unspecified atom stereocenters. The number of benzene rings is 1. The predicted octanol–water partition coefficient (Wildman–Crippen LogP) is 4.51. The normalized spacial score (nSPS) is 11.4. The van der Waals surface area contributed by atoms with Crippen molar-refractivity contribution in [2.45, 2.75) is 12.7 Å². The number of rotatable bonds is 3. The molecule has 2 rings (SSSR count). The first-order valence-corrected chi connectivity index (χ1v) is 5.96. The van der Waals surface area contributed by atoms with E-state index in [0.717, 1.165) is 12.1 Å². The van der Waals surface area contributed by atoms with E-state index in [-0.39, 0.29) is 17.4 Å². The average Bonchev–Trinajstić information content (AvgIpc) is 2.39. The van der Waals surface area contributed by atoms with E-state index >= 15 is 0 Å². The van der Waals surface area contributed by atoms with Gasteiger partial charge >= 0.3 is 6.18 Å². The monoisotopic (exact) mass is 304 g/mol. The lowest BCUT2D eigenvalue weighted by atomic mass is 10.2. The molecule has 0 spiro atoms. The van der Waals surface area contributed by atoms with Crippen LogP contribution in [0.4, 0.5) is 23.4 Å². The van der Waals surface area contributed by atoms with Crippen LogP contribution in [0.3, 0.4) is 0 Å². The van der Waals surface area contributed by atoms with Crippen LogP contribution in [0, 0.1) is 5.82 Å². The van der Waals surface area contributed by atoms with Gasteiger partial charge in [-0.1, -0.05) is 17.7 Å². The Morgan fingerprint density at radius 1 is 1.20 bits per heavy atom. The number of aromatic nitrogens is 1. The van der Waals surface area contributed by atoms with Gasteiger partial charge in [0.25, 0.3) is 0 Å². The summed E-state index contributed by atoms with van der Waals surface area (Å²) < 4.78 is 51.2. The smallest absolute Gasteiger partial charge is 0.365 e. The summed E-state index contributed by atoms with van der Waals surface area (Å²) in [4.78, 5) is 3.66. The number of hydrogen-bond donors (Lipinski definition) is 1. The summed E-state index contributed by atoms with van der Waals surface area (Å²) in [6.45, 7) is 0.0556. The summed E-state index contributed by atoms with van der Waals surface area (Å²) in [5, 5.41) is 2.49. The van der Waals surface area contributed by atoms with Gasteiger partial charge in [-0.05, 0) is 29.8 Å². The summed E-state index contributed by atoms with van der Waals surface area (Å²) in [7, 11) is 0. The largest absolute Gasteiger partial charge is 0.419 e. The SMILES string of the molecule is Fc1ccc(CNc2ncccc2C(F)(F)F)cc1Cl. The molecule has 106 valence electrons. The molecule has 1 aromatic carbocycles. The topological polar surface area (TPSA) is 24.9 Å². The molecule has 0 aliphatic heterocycles. The lowest BCUT2D eigenvalue weighted by Crippen LogP contribution is -2.12. The number of anilines is 1. The van der Waals surface area contributed by atoms with Crippen LogP contribution in [0.2, 0.25) is 5.02 Å². The van der Waals surface area contributed by atoms with Gasteiger partial charge in [0.15, 0.2) is 0 Å². The molecule has 2 aromatic rings. The minimum Gasteiger partial charge on any atom is -0.365 e. The first kappa shape index (κ1) is 14.6. The van der Waals surface area contributed by atoms with Crippen LogP contribution >= 0.6 is 11.6 Å². The fraction of sp³-hybridized carbons (Fsp3) is 0.154. The van der Waals surface area contributed by atoms with E-state index in [1.807, 2.05) is 0 Å². The zero-order valence-electron chi connectivity index (χ0n) is 10.0. The fourth-order valence-corrected chi connectivity index (χ4v) is 1.81. The van der Waals surface area contributed by atoms with Gasteiger partial charge in [-0.15, -0.1) is 0 Å². The van der Waals surface area contributed by atoms with E-state index in [4.69, 9.17) is 11.6 Å². The molecule has 20 heavy (non-hydrogen) atoms. The third-order valence-electron chi connectivity index (χ3n) is 2.56. The van der Waals surface area contributed by atoms with Crippen molar-refractivity contribution in [3.8, 4) is 0 Å². The summed E-state index contributed by atoms with van der Waals surface area (Å²) in [5.74, 6) is -0.857. The molecule has 0 atom stereocenters. The Bertz CT molecular complexity index is 614. The Kier molecular flexibility index (Phi) is 4.13. The molecule has 7 heteroatoms. The number of alkyl halides is 3. The Morgan fingerprint density at radius 2 is 1.95 bits per heavy atom. The first-order chi connectivity index (χ1) is 9.38. The molecule has 0 bridgehead atoms. The van der Waals surface area contributed by atoms with Crippen molar-refractivity contribution >= 4 is 17.4 Å². The van der Waals surface area contributed by atoms with Crippen LogP contribution in [0.15, 0.2) is 36.5 Å². The van der Waals surface area contributed by atoms with Crippen molar-refractivity contribution in [1.82, 2.24) is 4.98 Å². The van der Waals surface area contributed by atoms with Gasteiger partial charge in [0.05, 0.1) is 10.6 Å². The quantitative estimate of drug-likeness (QED) is 0.844. The minimum atomic E-state index is -4.49. The van der Waals surface area contributed by atoms with Crippen molar-refractivity contribution in [3.05, 3.63) is 58.5 Å². The summed E-state index contributed by atoms with van der Waals surface area (Å²) in [6.07, 6.45) is -3.23. The lowest BCUT2D eigenvalue weighted by molar-refractivity contribution is -0.137. The van der Waals surface area contributed by atoms with Crippen molar-refractivity contribution in [2.24, 2.45) is 0 Å². The van der Waals surface area contributed by atoms with Gasteiger partial charge in [-0.25, -0.2) is 9.37 Å². The summed E-state index contributed by atoms with van der Waals surface area (Å²) in [5.41, 5.74) is -0.302. The number of pyridine rings is 1. The van der Waals surface area contributed by atoms with E-state index in [0.29, 0.717) is 5.56 Å². The van der Waals surface area contributed by atoms with Gasteiger partial charge < -0.3 is 5.32 Å². The van der Waals surface area contributed by atoms with Gasteiger partial charge in [-0.3, -0.25) is 0 Å². The van der Waals surface area contributed by atoms with Crippen LogP contribution < -0.4 is 5.32 Å². The Labute approximate surface area is 117 Å². The maximum atomic E-state index is 13.0. The van der Waals surface area contributed by atoms with Crippen LogP contribution in [-0.2, 0) is 12.7 Å². The molecule has 1 N–H and O–H groups in total. The van der Waals surface area contributed by atoms with E-state index in [1.165, 1.54) is 24.4 Å². The zero-order chi connectivity index (χ0) is 14.8. The van der Waals surface area contributed by atoms with Crippen LogP contribution in [0.25, 0.3) is 0 Å². The van der Waals surface area contributed by atoms with Gasteiger partial charge in [0, 0.05) is 12.7 Å². The second kappa shape index (κ2) is 5.66. The Morgan fingerprint density at radius 3 is 2.60 bits per heavy atom. The van der Waals surface area contributed by atoms with Crippen molar-refractivity contribution in [1.29, 1.82) is 0 Å². The molecular weight excluding hydrogens is 296 g/mol. The van der Waals surface area contributed by atoms with Crippen molar-refractivity contribution in [3.63, 3.8) is 0 Å². The van der Waals surface area contributed by atoms with Gasteiger partial charge in [0.2, 0.25) is 0 Å². The molecule has 0 radical (unpaired) electrons. The molecule has 0 saturated carbocycles. The number of nitrogens with zero attached hydrogens (tertiary/aromatic N) is 1. The predicted molar refractivity (Wildman–Crippen MR) is 68.0 cm³/mol. The highest BCUT2D eigenvalue weighted by Crippen LogP contribution is 2.33.